The van der Waals surface area contributed by atoms with Crippen LogP contribution in [0.4, 0.5) is 17.5 Å². The lowest BCUT2D eigenvalue weighted by Gasteiger charge is -2.29. The van der Waals surface area contributed by atoms with Crippen molar-refractivity contribution < 1.29 is 9.53 Å². The number of esters is 1. The average Bonchev–Trinajstić information content (AvgIpc) is 2.73. The number of hydrogen-bond donors (Lipinski definition) is 1. The average molecular weight is 388 g/mol. The van der Waals surface area contributed by atoms with Gasteiger partial charge >= 0.3 is 5.97 Å². The first-order valence-electron chi connectivity index (χ1n) is 9.84. The summed E-state index contributed by atoms with van der Waals surface area (Å²) in [6.07, 6.45) is 0.974. The lowest BCUT2D eigenvalue weighted by Crippen LogP contribution is -2.32. The standard InChI is InChI=1S/C23H24N4O2/c1-3-29-22(28)19-10-6-7-11-20(19)25-21-14-16(2)24-23(26-21)27-13-12-17-8-4-5-9-18(17)15-27/h4-11,14H,3,12-13,15H2,1-2H3,(H,24,25,26). The van der Waals surface area contributed by atoms with E-state index in [-0.39, 0.29) is 5.97 Å². The van der Waals surface area contributed by atoms with Crippen LogP contribution in [0.25, 0.3) is 0 Å². The number of rotatable bonds is 5. The molecule has 2 aromatic carbocycles. The van der Waals surface area contributed by atoms with E-state index in [0.29, 0.717) is 29.6 Å². The van der Waals surface area contributed by atoms with E-state index >= 15 is 0 Å². The minimum absolute atomic E-state index is 0.334. The molecule has 6 nitrogen and oxygen atoms in total. The van der Waals surface area contributed by atoms with Gasteiger partial charge in [0.25, 0.3) is 0 Å². The first-order valence-corrected chi connectivity index (χ1v) is 9.84. The molecule has 0 spiro atoms. The van der Waals surface area contributed by atoms with Crippen LogP contribution >= 0.6 is 0 Å². The highest BCUT2D eigenvalue weighted by atomic mass is 16.5. The van der Waals surface area contributed by atoms with E-state index in [2.05, 4.69) is 39.5 Å². The van der Waals surface area contributed by atoms with Crippen molar-refractivity contribution in [3.05, 3.63) is 77.0 Å². The normalized spacial score (nSPS) is 13.0. The molecule has 0 fully saturated rings. The van der Waals surface area contributed by atoms with E-state index in [1.807, 2.05) is 31.2 Å². The second-order valence-electron chi connectivity index (χ2n) is 7.03. The third kappa shape index (κ3) is 4.21. The molecule has 2 heterocycles. The number of benzene rings is 2. The molecule has 1 N–H and O–H groups in total. The Hall–Kier alpha value is -3.41. The number of nitrogens with one attached hydrogen (secondary N) is 1. The molecule has 1 aliphatic heterocycles. The Bertz CT molecular complexity index is 1030. The molecule has 0 amide bonds. The molecule has 0 atom stereocenters. The molecule has 148 valence electrons. The van der Waals surface area contributed by atoms with Crippen LogP contribution in [-0.4, -0.2) is 29.1 Å². The van der Waals surface area contributed by atoms with Crippen LogP contribution < -0.4 is 10.2 Å². The summed E-state index contributed by atoms with van der Waals surface area (Å²) < 4.78 is 5.16. The summed E-state index contributed by atoms with van der Waals surface area (Å²) in [4.78, 5) is 23.8. The quantitative estimate of drug-likeness (QED) is 0.659. The lowest BCUT2D eigenvalue weighted by molar-refractivity contribution is 0.0527. The lowest BCUT2D eigenvalue weighted by atomic mass is 10.0. The van der Waals surface area contributed by atoms with Crippen LogP contribution in [0.15, 0.2) is 54.6 Å². The highest BCUT2D eigenvalue weighted by Gasteiger charge is 2.19. The van der Waals surface area contributed by atoms with E-state index in [1.54, 1.807) is 13.0 Å². The van der Waals surface area contributed by atoms with Gasteiger partial charge < -0.3 is 15.0 Å². The molecule has 3 aromatic rings. The topological polar surface area (TPSA) is 67.3 Å². The number of hydrogen-bond acceptors (Lipinski definition) is 6. The van der Waals surface area contributed by atoms with Gasteiger partial charge in [-0.1, -0.05) is 36.4 Å². The summed E-state index contributed by atoms with van der Waals surface area (Å²) in [7, 11) is 0. The first-order chi connectivity index (χ1) is 14.1. The Morgan fingerprint density at radius 2 is 1.86 bits per heavy atom. The van der Waals surface area contributed by atoms with Gasteiger partial charge in [0.2, 0.25) is 5.95 Å². The molecule has 0 aliphatic carbocycles. The molecule has 0 bridgehead atoms. The second kappa shape index (κ2) is 8.31. The number of carbonyl (C=O) groups excluding carboxylic acids is 1. The number of aryl methyl sites for hydroxylation is 1. The molecular weight excluding hydrogens is 364 g/mol. The van der Waals surface area contributed by atoms with Crippen LogP contribution in [0, 0.1) is 6.92 Å². The van der Waals surface area contributed by atoms with Crippen molar-refractivity contribution in [1.29, 1.82) is 0 Å². The van der Waals surface area contributed by atoms with E-state index in [4.69, 9.17) is 9.72 Å². The highest BCUT2D eigenvalue weighted by Crippen LogP contribution is 2.25. The van der Waals surface area contributed by atoms with Crippen molar-refractivity contribution in [3.63, 3.8) is 0 Å². The second-order valence-corrected chi connectivity index (χ2v) is 7.03. The van der Waals surface area contributed by atoms with Crippen molar-refractivity contribution in [1.82, 2.24) is 9.97 Å². The molecule has 0 saturated carbocycles. The molecule has 4 rings (SSSR count). The SMILES string of the molecule is CCOC(=O)c1ccccc1Nc1cc(C)nc(N2CCc3ccccc3C2)n1. The van der Waals surface area contributed by atoms with Crippen LogP contribution in [0.2, 0.25) is 0 Å². The zero-order chi connectivity index (χ0) is 20.2. The largest absolute Gasteiger partial charge is 0.462 e. The number of anilines is 3. The van der Waals surface area contributed by atoms with Crippen molar-refractivity contribution in [2.24, 2.45) is 0 Å². The number of nitrogens with zero attached hydrogens (tertiary/aromatic N) is 3. The predicted octanol–water partition coefficient (Wildman–Crippen LogP) is 4.27. The molecule has 0 radical (unpaired) electrons. The maximum Gasteiger partial charge on any atom is 0.340 e. The van der Waals surface area contributed by atoms with Gasteiger partial charge in [-0.15, -0.1) is 0 Å². The van der Waals surface area contributed by atoms with Gasteiger partial charge in [-0.3, -0.25) is 0 Å². The smallest absolute Gasteiger partial charge is 0.340 e. The van der Waals surface area contributed by atoms with Crippen molar-refractivity contribution in [2.45, 2.75) is 26.8 Å². The zero-order valence-corrected chi connectivity index (χ0v) is 16.7. The Balaban J connectivity index is 1.60. The van der Waals surface area contributed by atoms with Crippen LogP contribution in [0.1, 0.15) is 34.1 Å². The maximum absolute atomic E-state index is 12.3. The Labute approximate surface area is 170 Å². The van der Waals surface area contributed by atoms with E-state index in [9.17, 15) is 4.79 Å². The summed E-state index contributed by atoms with van der Waals surface area (Å²) in [6.45, 7) is 5.74. The van der Waals surface area contributed by atoms with Crippen LogP contribution in [-0.2, 0) is 17.7 Å². The number of carbonyl (C=O) groups is 1. The molecule has 29 heavy (non-hydrogen) atoms. The minimum atomic E-state index is -0.353. The molecule has 6 heteroatoms. The minimum Gasteiger partial charge on any atom is -0.462 e. The molecule has 0 unspecified atom stereocenters. The predicted molar refractivity (Wildman–Crippen MR) is 114 cm³/mol. The Morgan fingerprint density at radius 3 is 2.69 bits per heavy atom. The van der Waals surface area contributed by atoms with Crippen LogP contribution in [0.3, 0.4) is 0 Å². The fraction of sp³-hybridized carbons (Fsp3) is 0.261. The highest BCUT2D eigenvalue weighted by molar-refractivity contribution is 5.96. The zero-order valence-electron chi connectivity index (χ0n) is 16.7. The van der Waals surface area contributed by atoms with E-state index in [0.717, 1.165) is 25.2 Å². The van der Waals surface area contributed by atoms with Gasteiger partial charge in [0, 0.05) is 24.8 Å². The summed E-state index contributed by atoms with van der Waals surface area (Å²) in [5.74, 6) is 0.993. The molecule has 1 aromatic heterocycles. The summed E-state index contributed by atoms with van der Waals surface area (Å²) in [5, 5.41) is 3.27. The van der Waals surface area contributed by atoms with Gasteiger partial charge in [0.1, 0.15) is 5.82 Å². The third-order valence-corrected chi connectivity index (χ3v) is 4.94. The molecule has 1 aliphatic rings. The number of fused-ring (bicyclic) bond motifs is 1. The first kappa shape index (κ1) is 18.9. The van der Waals surface area contributed by atoms with Crippen LogP contribution in [0.5, 0.6) is 0 Å². The fourth-order valence-electron chi connectivity index (χ4n) is 3.54. The fourth-order valence-corrected chi connectivity index (χ4v) is 3.54. The van der Waals surface area contributed by atoms with Crippen molar-refractivity contribution in [2.75, 3.05) is 23.4 Å². The van der Waals surface area contributed by atoms with Gasteiger partial charge in [0.05, 0.1) is 17.9 Å². The monoisotopic (exact) mass is 388 g/mol. The Kier molecular flexibility index (Phi) is 5.42. The van der Waals surface area contributed by atoms with E-state index < -0.39 is 0 Å². The molecule has 0 saturated heterocycles. The van der Waals surface area contributed by atoms with E-state index in [1.165, 1.54) is 11.1 Å². The van der Waals surface area contributed by atoms with Gasteiger partial charge in [-0.05, 0) is 43.5 Å². The number of aromatic nitrogens is 2. The summed E-state index contributed by atoms with van der Waals surface area (Å²) in [6, 6.07) is 17.7. The van der Waals surface area contributed by atoms with Gasteiger partial charge in [-0.2, -0.15) is 4.98 Å². The summed E-state index contributed by atoms with van der Waals surface area (Å²) >= 11 is 0. The van der Waals surface area contributed by atoms with Crippen molar-refractivity contribution in [3.8, 4) is 0 Å². The summed E-state index contributed by atoms with van der Waals surface area (Å²) in [5.41, 5.74) is 4.71. The number of ether oxygens (including phenoxy) is 1. The molecular formula is C23H24N4O2. The number of para-hydroxylation sites is 1. The van der Waals surface area contributed by atoms with Crippen molar-refractivity contribution >= 4 is 23.4 Å². The van der Waals surface area contributed by atoms with Gasteiger partial charge in [0.15, 0.2) is 0 Å². The maximum atomic E-state index is 12.3. The van der Waals surface area contributed by atoms with Gasteiger partial charge in [-0.25, -0.2) is 9.78 Å². The third-order valence-electron chi connectivity index (χ3n) is 4.94. The Morgan fingerprint density at radius 1 is 1.10 bits per heavy atom.